The predicted octanol–water partition coefficient (Wildman–Crippen LogP) is 8.56. The molecule has 1 aliphatic rings. The lowest BCUT2D eigenvalue weighted by molar-refractivity contribution is 0.104. The SMILES string of the molecule is [C-]#[N+]/C(C#N)=C1\C(=C\c2cc3cc4cc(-c5ccc(N(C)C)cc5)sc4cc3s2)C(=O)c2cc(F)c(F)cc21. The fourth-order valence-electron chi connectivity index (χ4n) is 4.75. The van der Waals surface area contributed by atoms with Gasteiger partial charge in [-0.1, -0.05) is 12.1 Å². The minimum Gasteiger partial charge on any atom is -0.378 e. The van der Waals surface area contributed by atoms with Crippen LogP contribution in [0.1, 0.15) is 20.8 Å². The minimum absolute atomic E-state index is 0.0368. The molecule has 0 saturated carbocycles. The van der Waals surface area contributed by atoms with Crippen LogP contribution in [-0.4, -0.2) is 19.9 Å². The molecule has 0 bridgehead atoms. The molecule has 2 aromatic heterocycles. The molecule has 0 amide bonds. The van der Waals surface area contributed by atoms with Gasteiger partial charge in [0.25, 0.3) is 5.70 Å². The predicted molar refractivity (Wildman–Crippen MR) is 155 cm³/mol. The summed E-state index contributed by atoms with van der Waals surface area (Å²) >= 11 is 3.17. The smallest absolute Gasteiger partial charge is 0.270 e. The van der Waals surface area contributed by atoms with Crippen LogP contribution in [-0.2, 0) is 0 Å². The van der Waals surface area contributed by atoms with Crippen molar-refractivity contribution in [2.45, 2.75) is 0 Å². The van der Waals surface area contributed by atoms with Crippen LogP contribution in [0.2, 0.25) is 0 Å². The molecule has 0 aliphatic heterocycles. The molecule has 188 valence electrons. The van der Waals surface area contributed by atoms with Gasteiger partial charge in [0.15, 0.2) is 17.4 Å². The van der Waals surface area contributed by atoms with E-state index in [1.165, 1.54) is 16.2 Å². The Morgan fingerprint density at radius 2 is 1.62 bits per heavy atom. The first-order chi connectivity index (χ1) is 18.8. The molecule has 39 heavy (non-hydrogen) atoms. The van der Waals surface area contributed by atoms with E-state index in [1.807, 2.05) is 20.2 Å². The Morgan fingerprint density at radius 1 is 0.949 bits per heavy atom. The molecule has 0 radical (unpaired) electrons. The summed E-state index contributed by atoms with van der Waals surface area (Å²) in [6.45, 7) is 7.40. The number of ketones is 1. The number of fused-ring (bicyclic) bond motifs is 3. The number of Topliss-reactive ketones (excluding diaryl/α,β-unsaturated/α-hetero) is 1. The van der Waals surface area contributed by atoms with Crippen molar-refractivity contribution >= 4 is 66.0 Å². The van der Waals surface area contributed by atoms with Crippen LogP contribution in [0.4, 0.5) is 14.5 Å². The van der Waals surface area contributed by atoms with Crippen LogP contribution in [0, 0.1) is 29.5 Å². The van der Waals surface area contributed by atoms with Crippen LogP contribution in [0.3, 0.4) is 0 Å². The number of carbonyl (C=O) groups excluding carboxylic acids is 1. The molecule has 0 N–H and O–H groups in total. The number of anilines is 1. The lowest BCUT2D eigenvalue weighted by Crippen LogP contribution is -2.07. The van der Waals surface area contributed by atoms with Gasteiger partial charge in [-0.3, -0.25) is 4.79 Å². The summed E-state index contributed by atoms with van der Waals surface area (Å²) in [4.78, 5) is 20.4. The maximum atomic E-state index is 14.0. The lowest BCUT2D eigenvalue weighted by atomic mass is 10.0. The number of nitrogens with zero attached hydrogens (tertiary/aromatic N) is 3. The average molecular weight is 550 g/mol. The molecule has 2 heterocycles. The van der Waals surface area contributed by atoms with Crippen molar-refractivity contribution in [3.8, 4) is 16.5 Å². The number of allylic oxidation sites excluding steroid dienone is 3. The van der Waals surface area contributed by atoms with Crippen LogP contribution in [0.5, 0.6) is 0 Å². The third-order valence-electron chi connectivity index (χ3n) is 6.67. The first-order valence-corrected chi connectivity index (χ1v) is 13.4. The third kappa shape index (κ3) is 4.11. The molecule has 0 atom stereocenters. The van der Waals surface area contributed by atoms with E-state index in [1.54, 1.807) is 23.5 Å². The van der Waals surface area contributed by atoms with Crippen molar-refractivity contribution in [1.29, 1.82) is 5.26 Å². The van der Waals surface area contributed by atoms with Crippen molar-refractivity contribution in [3.63, 3.8) is 0 Å². The van der Waals surface area contributed by atoms with E-state index in [2.05, 4.69) is 52.2 Å². The number of halogens is 2. The highest BCUT2D eigenvalue weighted by molar-refractivity contribution is 7.23. The second kappa shape index (κ2) is 9.28. The van der Waals surface area contributed by atoms with E-state index in [9.17, 15) is 18.8 Å². The average Bonchev–Trinajstić information content (AvgIpc) is 3.59. The largest absolute Gasteiger partial charge is 0.378 e. The molecule has 0 fully saturated rings. The summed E-state index contributed by atoms with van der Waals surface area (Å²) in [5.74, 6) is -2.84. The number of benzene rings is 3. The zero-order valence-electron chi connectivity index (χ0n) is 20.7. The maximum absolute atomic E-state index is 14.0. The summed E-state index contributed by atoms with van der Waals surface area (Å²) < 4.78 is 30.1. The van der Waals surface area contributed by atoms with Crippen LogP contribution < -0.4 is 4.90 Å². The standard InChI is InChI=1S/C31H17F2N3OS2/c1-35-26(15-34)30-21-12-24(32)25(33)13-22(21)31(37)23(30)11-20-9-17-8-18-10-27(39-29(18)14-28(17)38-20)16-4-6-19(7-5-16)36(2)3/h4-14H,2-3H3/b23-11-,30-26-. The molecule has 0 spiro atoms. The number of carbonyl (C=O) groups is 1. The van der Waals surface area contributed by atoms with E-state index in [4.69, 9.17) is 6.57 Å². The van der Waals surface area contributed by atoms with Crippen LogP contribution in [0.15, 0.2) is 71.9 Å². The molecular formula is C31H17F2N3OS2. The first kappa shape index (κ1) is 24.7. The van der Waals surface area contributed by atoms with E-state index in [0.29, 0.717) is 0 Å². The zero-order valence-corrected chi connectivity index (χ0v) is 22.3. The molecule has 0 saturated heterocycles. The Hall–Kier alpha value is -4.63. The van der Waals surface area contributed by atoms with Gasteiger partial charge in [-0.2, -0.15) is 0 Å². The maximum Gasteiger partial charge on any atom is 0.270 e. The second-order valence-corrected chi connectivity index (χ2v) is 11.5. The Bertz CT molecular complexity index is 1930. The quantitative estimate of drug-likeness (QED) is 0.129. The minimum atomic E-state index is -1.15. The van der Waals surface area contributed by atoms with Gasteiger partial charge in [0.05, 0.1) is 12.6 Å². The zero-order chi connectivity index (χ0) is 27.4. The van der Waals surface area contributed by atoms with Crippen molar-refractivity contribution < 1.29 is 13.6 Å². The van der Waals surface area contributed by atoms with Crippen LogP contribution >= 0.6 is 22.7 Å². The number of thiophene rings is 2. The molecule has 5 aromatic rings. The molecule has 8 heteroatoms. The summed E-state index contributed by atoms with van der Waals surface area (Å²) in [7, 11) is 4.02. The van der Waals surface area contributed by atoms with Gasteiger partial charge in [0.1, 0.15) is 0 Å². The Kier molecular flexibility index (Phi) is 5.88. The molecule has 4 nitrogen and oxygen atoms in total. The highest BCUT2D eigenvalue weighted by Gasteiger charge is 2.34. The van der Waals surface area contributed by atoms with Gasteiger partial charge < -0.3 is 4.90 Å². The van der Waals surface area contributed by atoms with E-state index < -0.39 is 17.4 Å². The Balaban J connectivity index is 1.42. The fourth-order valence-corrected chi connectivity index (χ4v) is 6.94. The van der Waals surface area contributed by atoms with E-state index in [-0.39, 0.29) is 28.0 Å². The highest BCUT2D eigenvalue weighted by Crippen LogP contribution is 2.43. The molecule has 6 rings (SSSR count). The lowest BCUT2D eigenvalue weighted by Gasteiger charge is -2.12. The summed E-state index contributed by atoms with van der Waals surface area (Å²) in [6.07, 6.45) is 1.60. The van der Waals surface area contributed by atoms with Crippen molar-refractivity contribution in [2.24, 2.45) is 0 Å². The Morgan fingerprint density at radius 3 is 2.28 bits per heavy atom. The normalized spacial score (nSPS) is 15.0. The summed E-state index contributed by atoms with van der Waals surface area (Å²) in [6, 6.07) is 20.2. The highest BCUT2D eigenvalue weighted by atomic mass is 32.1. The Labute approximate surface area is 230 Å². The molecular weight excluding hydrogens is 532 g/mol. The number of nitriles is 1. The van der Waals surface area contributed by atoms with Gasteiger partial charge in [-0.15, -0.1) is 22.7 Å². The number of hydrogen-bond donors (Lipinski definition) is 0. The molecule has 3 aromatic carbocycles. The topological polar surface area (TPSA) is 48.5 Å². The number of rotatable bonds is 3. The van der Waals surface area contributed by atoms with Crippen LogP contribution in [0.25, 0.3) is 47.1 Å². The van der Waals surface area contributed by atoms with Crippen molar-refractivity contribution in [1.82, 2.24) is 0 Å². The van der Waals surface area contributed by atoms with Gasteiger partial charge in [0, 0.05) is 55.6 Å². The number of hydrogen-bond acceptors (Lipinski definition) is 5. The fraction of sp³-hybridized carbons (Fsp3) is 0.0645. The van der Waals surface area contributed by atoms with E-state index in [0.717, 1.165) is 48.4 Å². The first-order valence-electron chi connectivity index (χ1n) is 11.8. The molecule has 0 unspecified atom stereocenters. The third-order valence-corrected chi connectivity index (χ3v) is 8.86. The van der Waals surface area contributed by atoms with Gasteiger partial charge in [0.2, 0.25) is 0 Å². The van der Waals surface area contributed by atoms with Crippen molar-refractivity contribution in [3.05, 3.63) is 111 Å². The second-order valence-electron chi connectivity index (χ2n) is 9.27. The molecule has 1 aliphatic carbocycles. The van der Waals surface area contributed by atoms with Gasteiger partial charge in [-0.25, -0.2) is 18.9 Å². The van der Waals surface area contributed by atoms with Gasteiger partial charge in [-0.05, 0) is 76.5 Å². The van der Waals surface area contributed by atoms with Gasteiger partial charge >= 0.3 is 0 Å². The summed E-state index contributed by atoms with van der Waals surface area (Å²) in [5.41, 5.74) is 2.07. The van der Waals surface area contributed by atoms with Crippen molar-refractivity contribution in [2.75, 3.05) is 19.0 Å². The monoisotopic (exact) mass is 549 g/mol. The summed E-state index contributed by atoms with van der Waals surface area (Å²) in [5, 5.41) is 11.6. The van der Waals surface area contributed by atoms with E-state index >= 15 is 0 Å².